The maximum Gasteiger partial charge on any atom is 0.257 e. The summed E-state index contributed by atoms with van der Waals surface area (Å²) in [6.07, 6.45) is 2.36. The van der Waals surface area contributed by atoms with Crippen molar-refractivity contribution in [2.75, 3.05) is 10.6 Å². The third kappa shape index (κ3) is 5.14. The molecule has 6 heteroatoms. The number of carbonyl (C=O) groups is 2. The molecular formula is C24H28N4O2. The van der Waals surface area contributed by atoms with E-state index in [4.69, 9.17) is 0 Å². The molecule has 2 aromatic carbocycles. The van der Waals surface area contributed by atoms with E-state index in [1.54, 1.807) is 24.3 Å². The number of nitrogens with zero attached hydrogens (tertiary/aromatic N) is 2. The standard InChI is InChI=1S/C24H28N4O2/c1-4-5-15-28-18(3)23(17(2)27-28)26-24(30)20-13-9-10-14-21(20)25-22(29)16-19-11-7-6-8-12-19/h6-14H,4-5,15-16H2,1-3H3,(H,25,29)(H,26,30). The molecule has 156 valence electrons. The smallest absolute Gasteiger partial charge is 0.257 e. The number of para-hydroxylation sites is 1. The Morgan fingerprint density at radius 2 is 1.67 bits per heavy atom. The Balaban J connectivity index is 1.74. The first kappa shape index (κ1) is 21.3. The van der Waals surface area contributed by atoms with Gasteiger partial charge in [0.2, 0.25) is 5.91 Å². The van der Waals surface area contributed by atoms with E-state index in [0.29, 0.717) is 11.3 Å². The van der Waals surface area contributed by atoms with Crippen molar-refractivity contribution < 1.29 is 9.59 Å². The van der Waals surface area contributed by atoms with Gasteiger partial charge in [-0.25, -0.2) is 0 Å². The van der Waals surface area contributed by atoms with Crippen LogP contribution < -0.4 is 10.6 Å². The molecule has 0 aliphatic rings. The summed E-state index contributed by atoms with van der Waals surface area (Å²) in [4.78, 5) is 25.5. The van der Waals surface area contributed by atoms with Crippen LogP contribution in [0.3, 0.4) is 0 Å². The van der Waals surface area contributed by atoms with Crippen LogP contribution in [-0.2, 0) is 17.8 Å². The Bertz CT molecular complexity index is 1020. The van der Waals surface area contributed by atoms with E-state index in [1.807, 2.05) is 48.9 Å². The molecule has 0 bridgehead atoms. The zero-order chi connectivity index (χ0) is 21.5. The zero-order valence-corrected chi connectivity index (χ0v) is 17.7. The van der Waals surface area contributed by atoms with Gasteiger partial charge in [0.25, 0.3) is 5.91 Å². The van der Waals surface area contributed by atoms with Crippen LogP contribution in [0.1, 0.15) is 47.1 Å². The summed E-state index contributed by atoms with van der Waals surface area (Å²) in [5, 5.41) is 10.4. The first-order valence-corrected chi connectivity index (χ1v) is 10.3. The fourth-order valence-electron chi connectivity index (χ4n) is 3.35. The summed E-state index contributed by atoms with van der Waals surface area (Å²) in [7, 11) is 0. The molecule has 3 aromatic rings. The number of amides is 2. The quantitative estimate of drug-likeness (QED) is 0.570. The second-order valence-corrected chi connectivity index (χ2v) is 7.33. The van der Waals surface area contributed by atoms with Crippen molar-refractivity contribution in [3.8, 4) is 0 Å². The molecule has 0 unspecified atom stereocenters. The number of benzene rings is 2. The highest BCUT2D eigenvalue weighted by Gasteiger charge is 2.18. The van der Waals surface area contributed by atoms with Crippen LogP contribution in [0.4, 0.5) is 11.4 Å². The van der Waals surface area contributed by atoms with Gasteiger partial charge in [0.1, 0.15) is 0 Å². The highest BCUT2D eigenvalue weighted by Crippen LogP contribution is 2.23. The number of carbonyl (C=O) groups excluding carboxylic acids is 2. The normalized spacial score (nSPS) is 10.6. The molecule has 1 aromatic heterocycles. The number of anilines is 2. The third-order valence-corrected chi connectivity index (χ3v) is 5.00. The van der Waals surface area contributed by atoms with E-state index < -0.39 is 0 Å². The molecular weight excluding hydrogens is 376 g/mol. The molecule has 30 heavy (non-hydrogen) atoms. The first-order chi connectivity index (χ1) is 14.5. The Morgan fingerprint density at radius 3 is 2.40 bits per heavy atom. The van der Waals surface area contributed by atoms with Gasteiger partial charge in [-0.2, -0.15) is 5.10 Å². The summed E-state index contributed by atoms with van der Waals surface area (Å²) in [6.45, 7) is 6.81. The molecule has 6 nitrogen and oxygen atoms in total. The molecule has 0 spiro atoms. The first-order valence-electron chi connectivity index (χ1n) is 10.3. The van der Waals surface area contributed by atoms with Crippen molar-refractivity contribution in [3.63, 3.8) is 0 Å². The Morgan fingerprint density at radius 1 is 0.967 bits per heavy atom. The molecule has 0 fully saturated rings. The van der Waals surface area contributed by atoms with Crippen LogP contribution in [0.25, 0.3) is 0 Å². The van der Waals surface area contributed by atoms with Gasteiger partial charge in [-0.15, -0.1) is 0 Å². The van der Waals surface area contributed by atoms with Gasteiger partial charge in [0, 0.05) is 6.54 Å². The fraction of sp³-hybridized carbons (Fsp3) is 0.292. The zero-order valence-electron chi connectivity index (χ0n) is 17.7. The summed E-state index contributed by atoms with van der Waals surface area (Å²) in [5.41, 5.74) is 4.26. The van der Waals surface area contributed by atoms with Gasteiger partial charge in [-0.3, -0.25) is 14.3 Å². The van der Waals surface area contributed by atoms with Crippen molar-refractivity contribution in [3.05, 3.63) is 77.1 Å². The third-order valence-electron chi connectivity index (χ3n) is 5.00. The second kappa shape index (κ2) is 9.87. The highest BCUT2D eigenvalue weighted by atomic mass is 16.2. The molecule has 2 N–H and O–H groups in total. The molecule has 0 saturated heterocycles. The predicted octanol–water partition coefficient (Wildman–Crippen LogP) is 4.73. The minimum Gasteiger partial charge on any atom is -0.325 e. The monoisotopic (exact) mass is 404 g/mol. The number of aromatic nitrogens is 2. The van der Waals surface area contributed by atoms with E-state index in [9.17, 15) is 9.59 Å². The minimum atomic E-state index is -0.271. The van der Waals surface area contributed by atoms with Gasteiger partial charge in [-0.1, -0.05) is 55.8 Å². The number of nitrogens with one attached hydrogen (secondary N) is 2. The van der Waals surface area contributed by atoms with Crippen LogP contribution in [0.5, 0.6) is 0 Å². The van der Waals surface area contributed by atoms with Crippen LogP contribution in [0, 0.1) is 13.8 Å². The average Bonchev–Trinajstić information content (AvgIpc) is 3.00. The number of hydrogen-bond acceptors (Lipinski definition) is 3. The van der Waals surface area contributed by atoms with E-state index in [-0.39, 0.29) is 18.2 Å². The lowest BCUT2D eigenvalue weighted by molar-refractivity contribution is -0.115. The molecule has 0 atom stereocenters. The average molecular weight is 405 g/mol. The number of unbranched alkanes of at least 4 members (excludes halogenated alkanes) is 1. The van der Waals surface area contributed by atoms with Gasteiger partial charge < -0.3 is 10.6 Å². The summed E-state index contributed by atoms with van der Waals surface area (Å²) >= 11 is 0. The lowest BCUT2D eigenvalue weighted by Crippen LogP contribution is -2.19. The molecule has 0 aliphatic carbocycles. The van der Waals surface area contributed by atoms with E-state index >= 15 is 0 Å². The van der Waals surface area contributed by atoms with Crippen LogP contribution in [0.2, 0.25) is 0 Å². The largest absolute Gasteiger partial charge is 0.325 e. The molecule has 0 aliphatic heterocycles. The molecule has 1 heterocycles. The SMILES string of the molecule is CCCCn1nc(C)c(NC(=O)c2ccccc2NC(=O)Cc2ccccc2)c1C. The van der Waals surface area contributed by atoms with Crippen molar-refractivity contribution >= 4 is 23.2 Å². The van der Waals surface area contributed by atoms with Crippen molar-refractivity contribution in [2.24, 2.45) is 0 Å². The number of rotatable bonds is 8. The summed E-state index contributed by atoms with van der Waals surface area (Å²) < 4.78 is 1.93. The van der Waals surface area contributed by atoms with Crippen LogP contribution >= 0.6 is 0 Å². The van der Waals surface area contributed by atoms with E-state index in [0.717, 1.165) is 42.0 Å². The molecule has 0 radical (unpaired) electrons. The number of aryl methyl sites for hydroxylation is 2. The van der Waals surface area contributed by atoms with Crippen molar-refractivity contribution in [1.82, 2.24) is 9.78 Å². The summed E-state index contributed by atoms with van der Waals surface area (Å²) in [5.74, 6) is -0.437. The maximum absolute atomic E-state index is 13.0. The molecule has 0 saturated carbocycles. The Kier molecular flexibility index (Phi) is 7.01. The maximum atomic E-state index is 13.0. The van der Waals surface area contributed by atoms with E-state index in [1.165, 1.54) is 0 Å². The summed E-state index contributed by atoms with van der Waals surface area (Å²) in [6, 6.07) is 16.5. The topological polar surface area (TPSA) is 76.0 Å². The van der Waals surface area contributed by atoms with Crippen LogP contribution in [-0.4, -0.2) is 21.6 Å². The number of hydrogen-bond donors (Lipinski definition) is 2. The lowest BCUT2D eigenvalue weighted by atomic mass is 10.1. The Hall–Kier alpha value is -3.41. The van der Waals surface area contributed by atoms with Gasteiger partial charge in [-0.05, 0) is 38.0 Å². The minimum absolute atomic E-state index is 0.166. The fourth-order valence-corrected chi connectivity index (χ4v) is 3.35. The predicted molar refractivity (Wildman–Crippen MR) is 120 cm³/mol. The molecule has 3 rings (SSSR count). The lowest BCUT2D eigenvalue weighted by Gasteiger charge is -2.12. The van der Waals surface area contributed by atoms with Gasteiger partial charge in [0.15, 0.2) is 0 Å². The van der Waals surface area contributed by atoms with Gasteiger partial charge >= 0.3 is 0 Å². The second-order valence-electron chi connectivity index (χ2n) is 7.33. The van der Waals surface area contributed by atoms with Crippen LogP contribution in [0.15, 0.2) is 54.6 Å². The highest BCUT2D eigenvalue weighted by molar-refractivity contribution is 6.10. The molecule has 2 amide bonds. The van der Waals surface area contributed by atoms with E-state index in [2.05, 4.69) is 22.7 Å². The van der Waals surface area contributed by atoms with Crippen molar-refractivity contribution in [1.29, 1.82) is 0 Å². The van der Waals surface area contributed by atoms with Crippen molar-refractivity contribution in [2.45, 2.75) is 46.6 Å². The Labute approximate surface area is 177 Å². The van der Waals surface area contributed by atoms with Gasteiger partial charge in [0.05, 0.1) is 34.7 Å².